The Balaban J connectivity index is 1.78. The lowest BCUT2D eigenvalue weighted by Gasteiger charge is -2.34. The van der Waals surface area contributed by atoms with Gasteiger partial charge in [-0.1, -0.05) is 11.6 Å². The van der Waals surface area contributed by atoms with E-state index >= 15 is 0 Å². The molecule has 13 heteroatoms. The lowest BCUT2D eigenvalue weighted by Crippen LogP contribution is -2.48. The minimum absolute atomic E-state index is 0.0489. The molecule has 3 atom stereocenters. The molecule has 1 amide bonds. The molecule has 188 valence electrons. The van der Waals surface area contributed by atoms with Crippen LogP contribution in [0, 0.1) is 18.3 Å². The maximum Gasteiger partial charge on any atom is 0.417 e. The number of hydrogen-bond donors (Lipinski definition) is 0. The van der Waals surface area contributed by atoms with Crippen molar-refractivity contribution < 1.29 is 31.0 Å². The number of alkyl halides is 4. The summed E-state index contributed by atoms with van der Waals surface area (Å²) in [5.74, 6) is -2.62. The van der Waals surface area contributed by atoms with Crippen LogP contribution in [-0.2, 0) is 21.8 Å². The highest BCUT2D eigenvalue weighted by molar-refractivity contribution is 7.85. The van der Waals surface area contributed by atoms with E-state index in [2.05, 4.69) is 4.98 Å². The molecule has 0 N–H and O–H groups in total. The summed E-state index contributed by atoms with van der Waals surface area (Å²) in [4.78, 5) is 20.0. The molecule has 3 aliphatic rings. The van der Waals surface area contributed by atoms with E-state index in [0.29, 0.717) is 12.8 Å². The monoisotopic (exact) mass is 534 g/mol. The van der Waals surface area contributed by atoms with Gasteiger partial charge in [-0.15, -0.1) is 0 Å². The number of nitrogens with zero attached hydrogens (tertiary/aromatic N) is 4. The minimum atomic E-state index is -4.86. The van der Waals surface area contributed by atoms with Crippen LogP contribution in [0.5, 0.6) is 0 Å². The number of aryl methyl sites for hydroxylation is 1. The first-order valence-electron chi connectivity index (χ1n) is 10.6. The predicted octanol–water partition coefficient (Wildman–Crippen LogP) is 4.60. The molecule has 1 saturated carbocycles. The Morgan fingerprint density at radius 2 is 2.06 bits per heavy atom. The zero-order valence-electron chi connectivity index (χ0n) is 18.6. The van der Waals surface area contributed by atoms with Gasteiger partial charge in [-0.25, -0.2) is 13.8 Å². The third-order valence-corrected chi connectivity index (χ3v) is 7.80. The van der Waals surface area contributed by atoms with Crippen molar-refractivity contribution in [3.63, 3.8) is 0 Å². The van der Waals surface area contributed by atoms with Crippen LogP contribution in [0.1, 0.15) is 43.0 Å². The normalized spacial score (nSPS) is 27.1. The average molecular weight is 535 g/mol. The van der Waals surface area contributed by atoms with Crippen LogP contribution < -0.4 is 4.90 Å². The fraction of sp³-hybridized carbons (Fsp3) is 0.500. The van der Waals surface area contributed by atoms with Crippen molar-refractivity contribution in [3.8, 4) is 6.07 Å². The standard InChI is InChI=1S/C22H20ClF5N4O2S/c1-11-5-14(22(26,27)28)13(8-29)19(30-11)31-10-35(34)9-17(31)20(33)32(12-3-4-12)16-6-18(23)21(2,25)7-15(16)24/h5-6,12,17H,3-4,7,9-10H2,1-2H3/t17-,21?,35?/m1/s1. The summed E-state index contributed by atoms with van der Waals surface area (Å²) in [6.45, 7) is 2.42. The molecule has 2 aliphatic carbocycles. The molecule has 2 heterocycles. The number of carbonyl (C=O) groups excluding carboxylic acids is 1. The van der Waals surface area contributed by atoms with Crippen molar-refractivity contribution in [1.29, 1.82) is 5.26 Å². The SMILES string of the molecule is Cc1cc(C(F)(F)F)c(C#N)c(N2CS(=O)C[C@@H]2C(=O)N(C2=C(F)CC(C)(F)C(Cl)=C2)C2CC2)n1. The highest BCUT2D eigenvalue weighted by Gasteiger charge is 2.47. The van der Waals surface area contributed by atoms with Crippen LogP contribution >= 0.6 is 11.6 Å². The van der Waals surface area contributed by atoms with Crippen molar-refractivity contribution in [3.05, 3.63) is 45.5 Å². The van der Waals surface area contributed by atoms with Gasteiger partial charge in [-0.3, -0.25) is 9.00 Å². The summed E-state index contributed by atoms with van der Waals surface area (Å²) >= 11 is 6.00. The van der Waals surface area contributed by atoms with Crippen LogP contribution in [-0.4, -0.2) is 49.4 Å². The molecule has 1 aromatic rings. The molecule has 0 aromatic carbocycles. The second-order valence-corrected chi connectivity index (χ2v) is 10.8. The molecule has 1 saturated heterocycles. The van der Waals surface area contributed by atoms with E-state index < -0.39 is 69.8 Å². The lowest BCUT2D eigenvalue weighted by molar-refractivity contribution is -0.137. The molecule has 1 aliphatic heterocycles. The Kier molecular flexibility index (Phi) is 6.47. The van der Waals surface area contributed by atoms with Crippen molar-refractivity contribution in [2.24, 2.45) is 0 Å². The summed E-state index contributed by atoms with van der Waals surface area (Å²) in [7, 11) is -1.65. The third kappa shape index (κ3) is 4.80. The van der Waals surface area contributed by atoms with Gasteiger partial charge < -0.3 is 9.80 Å². The number of hydrogen-bond acceptors (Lipinski definition) is 5. The molecule has 0 bridgehead atoms. The van der Waals surface area contributed by atoms with E-state index in [0.717, 1.165) is 28.9 Å². The minimum Gasteiger partial charge on any atom is -0.331 e. The maximum absolute atomic E-state index is 14.9. The molecular formula is C22H20ClF5N4O2S. The zero-order valence-corrected chi connectivity index (χ0v) is 20.2. The van der Waals surface area contributed by atoms with Gasteiger partial charge in [0.2, 0.25) is 0 Å². The number of halogens is 6. The summed E-state index contributed by atoms with van der Waals surface area (Å²) in [5.41, 5.74) is -4.42. The number of rotatable bonds is 4. The van der Waals surface area contributed by atoms with Crippen molar-refractivity contribution in [1.82, 2.24) is 9.88 Å². The third-order valence-electron chi connectivity index (χ3n) is 6.04. The van der Waals surface area contributed by atoms with E-state index in [1.165, 1.54) is 13.0 Å². The van der Waals surface area contributed by atoms with Crippen LogP contribution in [0.15, 0.2) is 28.7 Å². The molecule has 1 aromatic heterocycles. The van der Waals surface area contributed by atoms with Gasteiger partial charge in [0.25, 0.3) is 5.91 Å². The first-order valence-corrected chi connectivity index (χ1v) is 12.5. The largest absolute Gasteiger partial charge is 0.417 e. The first kappa shape index (κ1) is 25.6. The van der Waals surface area contributed by atoms with E-state index in [9.17, 15) is 36.2 Å². The second kappa shape index (κ2) is 8.85. The van der Waals surface area contributed by atoms with Gasteiger partial charge in [0.15, 0.2) is 0 Å². The summed E-state index contributed by atoms with van der Waals surface area (Å²) in [6.07, 6.45) is -3.44. The first-order chi connectivity index (χ1) is 16.2. The number of pyridine rings is 1. The molecule has 2 fully saturated rings. The molecule has 35 heavy (non-hydrogen) atoms. The summed E-state index contributed by atoms with van der Waals surface area (Å²) in [5, 5.41) is 9.24. The predicted molar refractivity (Wildman–Crippen MR) is 119 cm³/mol. The highest BCUT2D eigenvalue weighted by atomic mass is 35.5. The molecule has 6 nitrogen and oxygen atoms in total. The van der Waals surface area contributed by atoms with Crippen LogP contribution in [0.25, 0.3) is 0 Å². The number of allylic oxidation sites excluding steroid dienone is 3. The van der Waals surface area contributed by atoms with Crippen molar-refractivity contribution in [2.75, 3.05) is 16.5 Å². The van der Waals surface area contributed by atoms with E-state index in [1.807, 2.05) is 0 Å². The quantitative estimate of drug-likeness (QED) is 0.528. The van der Waals surface area contributed by atoms with E-state index in [-0.39, 0.29) is 28.1 Å². The van der Waals surface area contributed by atoms with Gasteiger partial charge in [-0.2, -0.15) is 18.4 Å². The summed E-state index contributed by atoms with van der Waals surface area (Å²) < 4.78 is 82.8. The molecular weight excluding hydrogens is 515 g/mol. The van der Waals surface area contributed by atoms with Crippen LogP contribution in [0.4, 0.5) is 27.8 Å². The number of aromatic nitrogens is 1. The van der Waals surface area contributed by atoms with Crippen LogP contribution in [0.3, 0.4) is 0 Å². The average Bonchev–Trinajstić information content (AvgIpc) is 3.50. The smallest absolute Gasteiger partial charge is 0.331 e. The van der Waals surface area contributed by atoms with Gasteiger partial charge in [0.05, 0.1) is 27.9 Å². The fourth-order valence-electron chi connectivity index (χ4n) is 4.18. The second-order valence-electron chi connectivity index (χ2n) is 8.94. The zero-order chi connectivity index (χ0) is 25.9. The van der Waals surface area contributed by atoms with Gasteiger partial charge in [-0.05, 0) is 38.8 Å². The molecule has 0 radical (unpaired) electrons. The van der Waals surface area contributed by atoms with E-state index in [1.54, 1.807) is 0 Å². The maximum atomic E-state index is 14.9. The Morgan fingerprint density at radius 3 is 2.63 bits per heavy atom. The summed E-state index contributed by atoms with van der Waals surface area (Å²) in [6, 6.07) is 0.546. The van der Waals surface area contributed by atoms with Crippen LogP contribution in [0.2, 0.25) is 0 Å². The Hall–Kier alpha value is -2.52. The highest BCUT2D eigenvalue weighted by Crippen LogP contribution is 2.43. The van der Waals surface area contributed by atoms with Crippen molar-refractivity contribution in [2.45, 2.75) is 57.0 Å². The fourth-order valence-corrected chi connectivity index (χ4v) is 5.74. The van der Waals surface area contributed by atoms with Crippen molar-refractivity contribution >= 4 is 34.1 Å². The molecule has 4 rings (SSSR count). The number of anilines is 1. The molecule has 2 unspecified atom stereocenters. The molecule has 0 spiro atoms. The lowest BCUT2D eigenvalue weighted by atomic mass is 9.96. The van der Waals surface area contributed by atoms with E-state index in [4.69, 9.17) is 11.6 Å². The Labute approximate surface area is 205 Å². The van der Waals surface area contributed by atoms with Gasteiger partial charge in [0.1, 0.15) is 35.0 Å². The van der Waals surface area contributed by atoms with Gasteiger partial charge >= 0.3 is 6.18 Å². The number of amides is 1. The Bertz CT molecular complexity index is 1220. The topological polar surface area (TPSA) is 77.3 Å². The number of nitriles is 1. The Morgan fingerprint density at radius 1 is 1.40 bits per heavy atom. The number of carbonyl (C=O) groups is 1. The van der Waals surface area contributed by atoms with Gasteiger partial charge in [0, 0.05) is 29.0 Å².